The van der Waals surface area contributed by atoms with Gasteiger partial charge in [0.1, 0.15) is 0 Å². The van der Waals surface area contributed by atoms with Crippen molar-refractivity contribution in [2.24, 2.45) is 0 Å². The summed E-state index contributed by atoms with van der Waals surface area (Å²) in [6.07, 6.45) is 18.6. The van der Waals surface area contributed by atoms with E-state index in [2.05, 4.69) is 216 Å². The van der Waals surface area contributed by atoms with Crippen molar-refractivity contribution >= 4 is 69.2 Å². The third-order valence-corrected chi connectivity index (χ3v) is 12.4. The monoisotopic (exact) mass is 774 g/mol. The molecular weight excluding hydrogens is 725 g/mol. The van der Waals surface area contributed by atoms with Crippen molar-refractivity contribution in [2.45, 2.75) is 51.4 Å². The van der Waals surface area contributed by atoms with Gasteiger partial charge in [-0.25, -0.2) is 0 Å². The highest BCUT2D eigenvalue weighted by Crippen LogP contribution is 2.41. The molecule has 60 heavy (non-hydrogen) atoms. The van der Waals surface area contributed by atoms with Crippen LogP contribution >= 0.6 is 0 Å². The second-order valence-corrected chi connectivity index (χ2v) is 16.3. The third-order valence-electron chi connectivity index (χ3n) is 12.4. The van der Waals surface area contributed by atoms with Crippen molar-refractivity contribution in [3.05, 3.63) is 226 Å². The van der Waals surface area contributed by atoms with Gasteiger partial charge in [0.25, 0.3) is 0 Å². The van der Waals surface area contributed by atoms with Gasteiger partial charge in [-0.3, -0.25) is 0 Å². The van der Waals surface area contributed by atoms with E-state index in [1.54, 1.807) is 0 Å². The molecule has 0 N–H and O–H groups in total. The summed E-state index contributed by atoms with van der Waals surface area (Å²) >= 11 is 0. The van der Waals surface area contributed by atoms with Gasteiger partial charge < -0.3 is 9.80 Å². The van der Waals surface area contributed by atoms with Crippen molar-refractivity contribution in [1.29, 1.82) is 0 Å². The quantitative estimate of drug-likeness (QED) is 0.128. The van der Waals surface area contributed by atoms with Crippen LogP contribution in [0.4, 0.5) is 34.1 Å². The van der Waals surface area contributed by atoms with Gasteiger partial charge in [-0.15, -0.1) is 0 Å². The summed E-state index contributed by atoms with van der Waals surface area (Å²) in [6, 6.07) is 66.7. The molecule has 2 aliphatic rings. The molecule has 292 valence electrons. The Balaban J connectivity index is 0.841. The molecule has 0 fully saturated rings. The summed E-state index contributed by atoms with van der Waals surface area (Å²) in [7, 11) is 0. The Morgan fingerprint density at radius 2 is 0.667 bits per heavy atom. The molecule has 0 unspecified atom stereocenters. The van der Waals surface area contributed by atoms with E-state index in [1.165, 1.54) is 128 Å². The summed E-state index contributed by atoms with van der Waals surface area (Å²) < 4.78 is 0. The lowest BCUT2D eigenvalue weighted by Gasteiger charge is -2.30. The highest BCUT2D eigenvalue weighted by atomic mass is 15.1. The van der Waals surface area contributed by atoms with Crippen molar-refractivity contribution < 1.29 is 0 Å². The van der Waals surface area contributed by atoms with Gasteiger partial charge in [0.15, 0.2) is 0 Å². The maximum atomic E-state index is 2.43. The first-order valence-corrected chi connectivity index (χ1v) is 21.8. The maximum Gasteiger partial charge on any atom is 0.0496 e. The fourth-order valence-corrected chi connectivity index (χ4v) is 9.29. The van der Waals surface area contributed by atoms with Crippen LogP contribution in [0.1, 0.15) is 70.2 Å². The molecule has 10 rings (SSSR count). The van der Waals surface area contributed by atoms with Crippen LogP contribution in [-0.2, 0) is 25.7 Å². The van der Waals surface area contributed by atoms with Gasteiger partial charge in [0.2, 0.25) is 0 Å². The molecule has 0 heterocycles. The Morgan fingerprint density at radius 3 is 1.10 bits per heavy atom. The fraction of sp³-hybridized carbons (Fsp3) is 0.138. The zero-order chi connectivity index (χ0) is 40.1. The van der Waals surface area contributed by atoms with Gasteiger partial charge in [0.05, 0.1) is 0 Å². The smallest absolute Gasteiger partial charge is 0.0496 e. The zero-order valence-corrected chi connectivity index (χ0v) is 34.2. The predicted octanol–water partition coefficient (Wildman–Crippen LogP) is 15.9. The van der Waals surface area contributed by atoms with Crippen LogP contribution in [0.25, 0.3) is 35.1 Å². The molecule has 0 bridgehead atoms. The van der Waals surface area contributed by atoms with Crippen LogP contribution in [-0.4, -0.2) is 0 Å². The second-order valence-electron chi connectivity index (χ2n) is 16.3. The highest BCUT2D eigenvalue weighted by Gasteiger charge is 2.21. The summed E-state index contributed by atoms with van der Waals surface area (Å²) in [6.45, 7) is 0. The van der Waals surface area contributed by atoms with Crippen molar-refractivity contribution in [2.75, 3.05) is 9.80 Å². The highest BCUT2D eigenvalue weighted by molar-refractivity contribution is 5.89. The lowest BCUT2D eigenvalue weighted by atomic mass is 9.90. The SMILES string of the molecule is C(=Cc1ccc2cc(C=Cc3ccc(N(c4ccccc4)c4cccc5c4CCCC5)cc3)ccc2c1)c1ccc(N(c2ccccc2)c2cccc3c2CCCC3)cc1. The number of fused-ring (bicyclic) bond motifs is 3. The largest absolute Gasteiger partial charge is 0.310 e. The van der Waals surface area contributed by atoms with E-state index in [4.69, 9.17) is 0 Å². The first-order chi connectivity index (χ1) is 29.7. The topological polar surface area (TPSA) is 6.48 Å². The van der Waals surface area contributed by atoms with Crippen LogP contribution in [0, 0.1) is 0 Å². The minimum Gasteiger partial charge on any atom is -0.310 e. The van der Waals surface area contributed by atoms with E-state index in [-0.39, 0.29) is 0 Å². The molecule has 0 aliphatic heterocycles. The molecule has 8 aromatic rings. The molecule has 0 atom stereocenters. The van der Waals surface area contributed by atoms with Crippen LogP contribution in [0.15, 0.2) is 182 Å². The molecule has 0 aromatic heterocycles. The van der Waals surface area contributed by atoms with Crippen LogP contribution in [0.2, 0.25) is 0 Å². The van der Waals surface area contributed by atoms with Crippen molar-refractivity contribution in [1.82, 2.24) is 0 Å². The molecule has 0 spiro atoms. The Labute approximate surface area is 355 Å². The Kier molecular flexibility index (Phi) is 10.7. The number of hydrogen-bond acceptors (Lipinski definition) is 2. The number of benzene rings is 8. The number of para-hydroxylation sites is 2. The first kappa shape index (κ1) is 37.4. The molecule has 2 aliphatic carbocycles. The molecule has 0 saturated carbocycles. The van der Waals surface area contributed by atoms with Crippen LogP contribution in [0.5, 0.6) is 0 Å². The molecule has 8 aromatic carbocycles. The van der Waals surface area contributed by atoms with Crippen LogP contribution in [0.3, 0.4) is 0 Å². The normalized spacial score (nSPS) is 13.7. The van der Waals surface area contributed by atoms with Gasteiger partial charge in [-0.2, -0.15) is 0 Å². The minimum atomic E-state index is 1.14. The van der Waals surface area contributed by atoms with Crippen molar-refractivity contribution in [3.8, 4) is 0 Å². The van der Waals surface area contributed by atoms with Gasteiger partial charge in [0, 0.05) is 34.1 Å². The number of rotatable bonds is 10. The van der Waals surface area contributed by atoms with E-state index < -0.39 is 0 Å². The summed E-state index contributed by atoms with van der Waals surface area (Å²) in [5, 5.41) is 2.48. The van der Waals surface area contributed by atoms with E-state index in [9.17, 15) is 0 Å². The fourth-order valence-electron chi connectivity index (χ4n) is 9.29. The Hall–Kier alpha value is -6.90. The minimum absolute atomic E-state index is 1.14. The molecule has 2 nitrogen and oxygen atoms in total. The molecule has 2 heteroatoms. The van der Waals surface area contributed by atoms with Gasteiger partial charge in [-0.1, -0.05) is 133 Å². The average Bonchev–Trinajstić information content (AvgIpc) is 3.32. The average molecular weight is 775 g/mol. The number of nitrogens with zero attached hydrogens (tertiary/aromatic N) is 2. The maximum absolute atomic E-state index is 2.43. The van der Waals surface area contributed by atoms with Crippen molar-refractivity contribution in [3.63, 3.8) is 0 Å². The Morgan fingerprint density at radius 1 is 0.300 bits per heavy atom. The number of aryl methyl sites for hydroxylation is 2. The van der Waals surface area contributed by atoms with E-state index in [1.807, 2.05) is 0 Å². The summed E-state index contributed by atoms with van der Waals surface area (Å²) in [4.78, 5) is 4.86. The van der Waals surface area contributed by atoms with E-state index >= 15 is 0 Å². The molecular formula is C58H50N2. The lowest BCUT2D eigenvalue weighted by molar-refractivity contribution is 0.686. The van der Waals surface area contributed by atoms with Gasteiger partial charge >= 0.3 is 0 Å². The van der Waals surface area contributed by atoms with Gasteiger partial charge in [-0.05, 0) is 179 Å². The zero-order valence-electron chi connectivity index (χ0n) is 34.2. The standard InChI is InChI=1S/C58H50N2/c1-3-17-51(18-4-1)59(57-23-11-15-47-13-7-9-21-55(47)57)53-37-31-43(32-38-53)25-27-45-29-35-50-42-46(30-36-49(50)41-45)28-26-44-33-39-54(40-34-44)60(52-19-5-2-6-20-52)58-24-12-16-48-14-8-10-22-56(48)58/h1-6,11-12,15-20,23-42H,7-10,13-14,21-22H2. The molecule has 0 saturated heterocycles. The number of anilines is 6. The summed E-state index contributed by atoms with van der Waals surface area (Å²) in [5.74, 6) is 0. The second kappa shape index (κ2) is 17.1. The third kappa shape index (κ3) is 7.94. The lowest BCUT2D eigenvalue weighted by Crippen LogP contribution is -2.15. The molecule has 0 amide bonds. The Bertz CT molecular complexity index is 2600. The predicted molar refractivity (Wildman–Crippen MR) is 257 cm³/mol. The first-order valence-electron chi connectivity index (χ1n) is 21.8. The number of hydrogen-bond donors (Lipinski definition) is 0. The molecule has 0 radical (unpaired) electrons. The van der Waals surface area contributed by atoms with Crippen LogP contribution < -0.4 is 9.80 Å². The van der Waals surface area contributed by atoms with E-state index in [0.717, 1.165) is 12.8 Å². The van der Waals surface area contributed by atoms with E-state index in [0.29, 0.717) is 0 Å². The summed E-state index contributed by atoms with van der Waals surface area (Å²) in [5.41, 5.74) is 18.1.